The average molecular weight is 545 g/mol. The number of ether oxygens (including phenoxy) is 3. The van der Waals surface area contributed by atoms with E-state index in [4.69, 9.17) is 14.2 Å². The Morgan fingerprint density at radius 3 is 2.63 bits per heavy atom. The highest BCUT2D eigenvalue weighted by molar-refractivity contribution is 7.92. The summed E-state index contributed by atoms with van der Waals surface area (Å²) in [5.41, 5.74) is 0.702. The Hall–Kier alpha value is -2.66. The summed E-state index contributed by atoms with van der Waals surface area (Å²) in [5.74, 6) is 0.433. The molecule has 0 radical (unpaired) electrons. The van der Waals surface area contributed by atoms with E-state index in [0.29, 0.717) is 44.8 Å². The number of carbonyl (C=O) groups is 1. The largest absolute Gasteiger partial charge is 0.491 e. The van der Waals surface area contributed by atoms with Crippen LogP contribution in [0.4, 0.5) is 4.79 Å². The molecular formula is C28H36N2O7S. The number of sulfone groups is 1. The summed E-state index contributed by atoms with van der Waals surface area (Å²) in [6.45, 7) is 2.38. The molecule has 2 N–H and O–H groups in total. The SMILES string of the molecule is O=C(OCc1ccccc1)N1CCC2(CC1)C[C@@H](NC[C@H](O)COc1cccc(S(=O)(=O)C3CC3)c1)CO2. The van der Waals surface area contributed by atoms with Crippen molar-refractivity contribution in [2.45, 2.75) is 66.6 Å². The highest BCUT2D eigenvalue weighted by atomic mass is 32.2. The van der Waals surface area contributed by atoms with Crippen LogP contribution < -0.4 is 10.1 Å². The van der Waals surface area contributed by atoms with Gasteiger partial charge in [0.1, 0.15) is 25.1 Å². The zero-order chi connectivity index (χ0) is 26.6. The Bertz CT molecular complexity index is 1190. The summed E-state index contributed by atoms with van der Waals surface area (Å²) in [6, 6.07) is 16.2. The molecule has 2 aliphatic heterocycles. The van der Waals surface area contributed by atoms with Gasteiger partial charge >= 0.3 is 6.09 Å². The van der Waals surface area contributed by atoms with Gasteiger partial charge in [0.05, 0.1) is 22.4 Å². The molecule has 2 aromatic carbocycles. The molecule has 1 saturated carbocycles. The van der Waals surface area contributed by atoms with Crippen molar-refractivity contribution in [3.8, 4) is 5.75 Å². The summed E-state index contributed by atoms with van der Waals surface area (Å²) in [5, 5.41) is 13.5. The van der Waals surface area contributed by atoms with E-state index in [1.165, 1.54) is 6.07 Å². The van der Waals surface area contributed by atoms with E-state index in [9.17, 15) is 18.3 Å². The van der Waals surface area contributed by atoms with Crippen molar-refractivity contribution in [2.24, 2.45) is 0 Å². The molecule has 2 atom stereocenters. The smallest absolute Gasteiger partial charge is 0.410 e. The number of hydrogen-bond donors (Lipinski definition) is 2. The molecule has 1 aliphatic carbocycles. The van der Waals surface area contributed by atoms with Gasteiger partial charge in [-0.05, 0) is 55.9 Å². The number of likely N-dealkylation sites (tertiary alicyclic amines) is 1. The molecule has 38 heavy (non-hydrogen) atoms. The topological polar surface area (TPSA) is 114 Å². The summed E-state index contributed by atoms with van der Waals surface area (Å²) in [4.78, 5) is 14.5. The number of aliphatic hydroxyl groups excluding tert-OH is 1. The molecule has 5 rings (SSSR count). The lowest BCUT2D eigenvalue weighted by Gasteiger charge is -2.38. The molecule has 0 aromatic heterocycles. The average Bonchev–Trinajstić information content (AvgIpc) is 3.74. The Morgan fingerprint density at radius 1 is 1.13 bits per heavy atom. The van der Waals surface area contributed by atoms with E-state index in [2.05, 4.69) is 5.32 Å². The number of benzene rings is 2. The molecule has 9 nitrogen and oxygen atoms in total. The van der Waals surface area contributed by atoms with Crippen LogP contribution in [0, 0.1) is 0 Å². The quantitative estimate of drug-likeness (QED) is 0.469. The van der Waals surface area contributed by atoms with E-state index in [1.807, 2.05) is 30.3 Å². The van der Waals surface area contributed by atoms with Crippen molar-refractivity contribution in [3.63, 3.8) is 0 Å². The summed E-state index contributed by atoms with van der Waals surface area (Å²) < 4.78 is 42.2. The fourth-order valence-corrected chi connectivity index (χ4v) is 6.79. The number of hydrogen-bond acceptors (Lipinski definition) is 8. The molecule has 0 unspecified atom stereocenters. The zero-order valence-electron chi connectivity index (χ0n) is 21.5. The van der Waals surface area contributed by atoms with E-state index >= 15 is 0 Å². The van der Waals surface area contributed by atoms with Gasteiger partial charge in [0, 0.05) is 25.7 Å². The van der Waals surface area contributed by atoms with Crippen molar-refractivity contribution in [1.82, 2.24) is 10.2 Å². The normalized spacial score (nSPS) is 21.8. The molecule has 10 heteroatoms. The van der Waals surface area contributed by atoms with Crippen molar-refractivity contribution in [1.29, 1.82) is 0 Å². The Balaban J connectivity index is 1.01. The first kappa shape index (κ1) is 26.9. The molecule has 2 saturated heterocycles. The Morgan fingerprint density at radius 2 is 1.89 bits per heavy atom. The number of nitrogens with zero attached hydrogens (tertiary/aromatic N) is 1. The second-order valence-corrected chi connectivity index (χ2v) is 12.7. The summed E-state index contributed by atoms with van der Waals surface area (Å²) in [6.07, 6.45) is 2.68. The highest BCUT2D eigenvalue weighted by Crippen LogP contribution is 2.36. The fraction of sp³-hybridized carbons (Fsp3) is 0.536. The molecular weight excluding hydrogens is 508 g/mol. The molecule has 3 aliphatic rings. The van der Waals surface area contributed by atoms with Crippen LogP contribution in [0.3, 0.4) is 0 Å². The van der Waals surface area contributed by atoms with Crippen LogP contribution in [0.15, 0.2) is 59.5 Å². The number of rotatable bonds is 10. The number of nitrogens with one attached hydrogen (secondary N) is 1. The maximum atomic E-state index is 12.5. The first-order valence-electron chi connectivity index (χ1n) is 13.3. The second kappa shape index (κ2) is 11.6. The third-order valence-electron chi connectivity index (χ3n) is 7.53. The lowest BCUT2D eigenvalue weighted by atomic mass is 9.87. The molecule has 1 spiro atoms. The fourth-order valence-electron chi connectivity index (χ4n) is 5.10. The zero-order valence-corrected chi connectivity index (χ0v) is 22.3. The van der Waals surface area contributed by atoms with E-state index in [0.717, 1.165) is 24.8 Å². The van der Waals surface area contributed by atoms with Crippen LogP contribution in [0.2, 0.25) is 0 Å². The van der Waals surface area contributed by atoms with Crippen LogP contribution in [-0.4, -0.2) is 80.4 Å². The van der Waals surface area contributed by atoms with Crippen LogP contribution in [-0.2, 0) is 25.9 Å². The molecule has 2 heterocycles. The number of aliphatic hydroxyl groups is 1. The molecule has 2 aromatic rings. The maximum Gasteiger partial charge on any atom is 0.410 e. The van der Waals surface area contributed by atoms with Crippen LogP contribution in [0.1, 0.15) is 37.7 Å². The van der Waals surface area contributed by atoms with Gasteiger partial charge in [-0.15, -0.1) is 0 Å². The molecule has 206 valence electrons. The number of carbonyl (C=O) groups excluding carboxylic acids is 1. The lowest BCUT2D eigenvalue weighted by Crippen LogP contribution is -2.47. The van der Waals surface area contributed by atoms with Gasteiger partial charge in [-0.3, -0.25) is 0 Å². The maximum absolute atomic E-state index is 12.5. The van der Waals surface area contributed by atoms with Gasteiger partial charge in [-0.1, -0.05) is 36.4 Å². The van der Waals surface area contributed by atoms with Gasteiger partial charge in [0.15, 0.2) is 9.84 Å². The van der Waals surface area contributed by atoms with Gasteiger partial charge in [0.25, 0.3) is 0 Å². The Kier molecular flexibility index (Phi) is 8.23. The van der Waals surface area contributed by atoms with Gasteiger partial charge < -0.3 is 29.5 Å². The third kappa shape index (κ3) is 6.66. The minimum atomic E-state index is -3.28. The highest BCUT2D eigenvalue weighted by Gasteiger charge is 2.43. The van der Waals surface area contributed by atoms with Crippen LogP contribution in [0.5, 0.6) is 5.75 Å². The van der Waals surface area contributed by atoms with Crippen molar-refractivity contribution in [3.05, 3.63) is 60.2 Å². The van der Waals surface area contributed by atoms with E-state index < -0.39 is 15.9 Å². The third-order valence-corrected chi connectivity index (χ3v) is 9.79. The minimum absolute atomic E-state index is 0.0543. The number of piperidine rings is 1. The summed E-state index contributed by atoms with van der Waals surface area (Å²) >= 11 is 0. The minimum Gasteiger partial charge on any atom is -0.491 e. The molecule has 1 amide bonds. The first-order chi connectivity index (χ1) is 18.3. The Labute approximate surface area is 224 Å². The van der Waals surface area contributed by atoms with Crippen LogP contribution >= 0.6 is 0 Å². The molecule has 0 bridgehead atoms. The first-order valence-corrected chi connectivity index (χ1v) is 14.9. The van der Waals surface area contributed by atoms with Gasteiger partial charge in [0.2, 0.25) is 0 Å². The standard InChI is InChI=1S/C28H36N2O7S/c31-23(20-35-24-7-4-8-26(15-24)38(33,34)25-9-10-25)17-29-22-16-28(37-19-22)11-13-30(14-12-28)27(32)36-18-21-5-2-1-3-6-21/h1-8,15,22-23,25,29,31H,9-14,16-20H2/t22-,23+/m1/s1. The predicted molar refractivity (Wildman–Crippen MR) is 141 cm³/mol. The van der Waals surface area contributed by atoms with Crippen molar-refractivity contribution < 1.29 is 32.5 Å². The van der Waals surface area contributed by atoms with E-state index in [-0.39, 0.29) is 41.1 Å². The predicted octanol–water partition coefficient (Wildman–Crippen LogP) is 2.91. The van der Waals surface area contributed by atoms with Crippen LogP contribution in [0.25, 0.3) is 0 Å². The summed E-state index contributed by atoms with van der Waals surface area (Å²) in [7, 11) is -3.28. The van der Waals surface area contributed by atoms with Gasteiger partial charge in [-0.2, -0.15) is 0 Å². The van der Waals surface area contributed by atoms with Gasteiger partial charge in [-0.25, -0.2) is 13.2 Å². The molecule has 3 fully saturated rings. The monoisotopic (exact) mass is 544 g/mol. The number of amides is 1. The van der Waals surface area contributed by atoms with Crippen molar-refractivity contribution in [2.75, 3.05) is 32.8 Å². The lowest BCUT2D eigenvalue weighted by molar-refractivity contribution is -0.0422. The van der Waals surface area contributed by atoms with E-state index in [1.54, 1.807) is 23.1 Å². The van der Waals surface area contributed by atoms with Crippen molar-refractivity contribution >= 4 is 15.9 Å². The second-order valence-electron chi connectivity index (χ2n) is 10.5.